The number of hydrogen-bond donors (Lipinski definition) is 1. The molecule has 2 aliphatic rings. The highest BCUT2D eigenvalue weighted by atomic mass is 16.4. The normalized spacial score (nSPS) is 28.2. The second kappa shape index (κ2) is 5.51. The molecule has 1 aliphatic heterocycles. The molecule has 112 valence electrons. The predicted molar refractivity (Wildman–Crippen MR) is 79.0 cm³/mol. The van der Waals surface area contributed by atoms with E-state index in [0.717, 1.165) is 24.8 Å². The van der Waals surface area contributed by atoms with E-state index < -0.39 is 12.0 Å². The second-order valence-corrected chi connectivity index (χ2v) is 6.31. The van der Waals surface area contributed by atoms with Gasteiger partial charge in [-0.05, 0) is 42.7 Å². The van der Waals surface area contributed by atoms with Crippen LogP contribution >= 0.6 is 0 Å². The lowest BCUT2D eigenvalue weighted by atomic mass is 9.90. The van der Waals surface area contributed by atoms with Gasteiger partial charge in [0.1, 0.15) is 6.04 Å². The van der Waals surface area contributed by atoms with Crippen LogP contribution in [-0.2, 0) is 16.0 Å². The maximum absolute atomic E-state index is 12.8. The SMILES string of the molecule is CC1CCN(C(=O)C2CCc3ccccc32)C(C(=O)O)C1. The van der Waals surface area contributed by atoms with Crippen molar-refractivity contribution in [3.8, 4) is 0 Å². The van der Waals surface area contributed by atoms with Gasteiger partial charge in [0.15, 0.2) is 0 Å². The summed E-state index contributed by atoms with van der Waals surface area (Å²) in [6.07, 6.45) is 3.17. The van der Waals surface area contributed by atoms with Crippen LogP contribution in [0.4, 0.5) is 0 Å². The van der Waals surface area contributed by atoms with Crippen molar-refractivity contribution in [2.45, 2.75) is 44.6 Å². The first kappa shape index (κ1) is 14.1. The first-order valence-electron chi connectivity index (χ1n) is 7.69. The third-order valence-electron chi connectivity index (χ3n) is 4.86. The Morgan fingerprint density at radius 1 is 1.24 bits per heavy atom. The van der Waals surface area contributed by atoms with Crippen LogP contribution in [0, 0.1) is 5.92 Å². The summed E-state index contributed by atoms with van der Waals surface area (Å²) in [5.74, 6) is -0.664. The molecule has 1 aromatic rings. The summed E-state index contributed by atoms with van der Waals surface area (Å²) in [6.45, 7) is 2.62. The van der Waals surface area contributed by atoms with E-state index in [4.69, 9.17) is 0 Å². The summed E-state index contributed by atoms with van der Waals surface area (Å²) in [4.78, 5) is 25.9. The average Bonchev–Trinajstić information content (AvgIpc) is 2.90. The Labute approximate surface area is 124 Å². The van der Waals surface area contributed by atoms with Crippen LogP contribution in [0.25, 0.3) is 0 Å². The molecule has 1 N–H and O–H groups in total. The van der Waals surface area contributed by atoms with Crippen LogP contribution in [0.2, 0.25) is 0 Å². The van der Waals surface area contributed by atoms with Crippen LogP contribution in [0.3, 0.4) is 0 Å². The van der Waals surface area contributed by atoms with Gasteiger partial charge in [-0.25, -0.2) is 4.79 Å². The molecule has 3 unspecified atom stereocenters. The topological polar surface area (TPSA) is 57.6 Å². The quantitative estimate of drug-likeness (QED) is 0.909. The number of likely N-dealkylation sites (tertiary alicyclic amines) is 1. The van der Waals surface area contributed by atoms with E-state index in [-0.39, 0.29) is 11.8 Å². The van der Waals surface area contributed by atoms with Gasteiger partial charge in [-0.2, -0.15) is 0 Å². The maximum Gasteiger partial charge on any atom is 0.326 e. The van der Waals surface area contributed by atoms with Crippen LogP contribution in [0.1, 0.15) is 43.2 Å². The third kappa shape index (κ3) is 2.55. The minimum absolute atomic E-state index is 0.000694. The fourth-order valence-corrected chi connectivity index (χ4v) is 3.65. The summed E-state index contributed by atoms with van der Waals surface area (Å²) in [6, 6.07) is 7.36. The zero-order valence-corrected chi connectivity index (χ0v) is 12.3. The minimum atomic E-state index is -0.874. The molecule has 4 heteroatoms. The number of nitrogens with zero attached hydrogens (tertiary/aromatic N) is 1. The van der Waals surface area contributed by atoms with Crippen molar-refractivity contribution in [3.63, 3.8) is 0 Å². The molecule has 1 heterocycles. The summed E-state index contributed by atoms with van der Waals surface area (Å²) in [5.41, 5.74) is 2.32. The lowest BCUT2D eigenvalue weighted by Gasteiger charge is -2.37. The first-order valence-corrected chi connectivity index (χ1v) is 7.69. The van der Waals surface area contributed by atoms with Crippen LogP contribution in [-0.4, -0.2) is 34.5 Å². The molecule has 0 bridgehead atoms. The fraction of sp³-hybridized carbons (Fsp3) is 0.529. The van der Waals surface area contributed by atoms with Crippen molar-refractivity contribution in [2.75, 3.05) is 6.54 Å². The largest absolute Gasteiger partial charge is 0.480 e. The van der Waals surface area contributed by atoms with Gasteiger partial charge in [-0.15, -0.1) is 0 Å². The molecule has 3 rings (SSSR count). The lowest BCUT2D eigenvalue weighted by Crippen LogP contribution is -2.51. The molecule has 1 amide bonds. The maximum atomic E-state index is 12.8. The molecule has 0 spiro atoms. The van der Waals surface area contributed by atoms with E-state index in [2.05, 4.69) is 13.0 Å². The Morgan fingerprint density at radius 3 is 2.76 bits per heavy atom. The standard InChI is InChI=1S/C17H21NO3/c1-11-8-9-18(15(10-11)17(20)21)16(19)14-7-6-12-4-2-3-5-13(12)14/h2-5,11,14-15H,6-10H2,1H3,(H,20,21). The van der Waals surface area contributed by atoms with Gasteiger partial charge < -0.3 is 10.0 Å². The van der Waals surface area contributed by atoms with E-state index in [0.29, 0.717) is 18.9 Å². The van der Waals surface area contributed by atoms with Crippen molar-refractivity contribution in [3.05, 3.63) is 35.4 Å². The average molecular weight is 287 g/mol. The number of carbonyl (C=O) groups excluding carboxylic acids is 1. The summed E-state index contributed by atoms with van der Waals surface area (Å²) >= 11 is 0. The Kier molecular flexibility index (Phi) is 3.70. The highest BCUT2D eigenvalue weighted by Crippen LogP contribution is 2.36. The number of aryl methyl sites for hydroxylation is 1. The number of rotatable bonds is 2. The molecular weight excluding hydrogens is 266 g/mol. The van der Waals surface area contributed by atoms with Crippen molar-refractivity contribution < 1.29 is 14.7 Å². The Bertz CT molecular complexity index is 569. The predicted octanol–water partition coefficient (Wildman–Crippen LogP) is 2.43. The lowest BCUT2D eigenvalue weighted by molar-refractivity contribution is -0.153. The van der Waals surface area contributed by atoms with Gasteiger partial charge in [0, 0.05) is 6.54 Å². The highest BCUT2D eigenvalue weighted by Gasteiger charge is 2.39. The molecule has 1 saturated heterocycles. The van der Waals surface area contributed by atoms with Gasteiger partial charge in [0.2, 0.25) is 5.91 Å². The minimum Gasteiger partial charge on any atom is -0.480 e. The molecule has 1 aliphatic carbocycles. The van der Waals surface area contributed by atoms with E-state index in [9.17, 15) is 14.7 Å². The number of benzene rings is 1. The number of piperidine rings is 1. The highest BCUT2D eigenvalue weighted by molar-refractivity contribution is 5.89. The zero-order valence-electron chi connectivity index (χ0n) is 12.3. The van der Waals surface area contributed by atoms with Crippen LogP contribution in [0.15, 0.2) is 24.3 Å². The van der Waals surface area contributed by atoms with Gasteiger partial charge in [-0.3, -0.25) is 4.79 Å². The molecule has 4 nitrogen and oxygen atoms in total. The molecule has 21 heavy (non-hydrogen) atoms. The van der Waals surface area contributed by atoms with E-state index in [1.807, 2.05) is 18.2 Å². The summed E-state index contributed by atoms with van der Waals surface area (Å²) in [7, 11) is 0. The number of carbonyl (C=O) groups is 2. The second-order valence-electron chi connectivity index (χ2n) is 6.31. The Hall–Kier alpha value is -1.84. The molecule has 1 aromatic carbocycles. The zero-order chi connectivity index (χ0) is 15.0. The summed E-state index contributed by atoms with van der Waals surface area (Å²) in [5, 5.41) is 9.42. The Balaban J connectivity index is 1.83. The molecule has 0 saturated carbocycles. The summed E-state index contributed by atoms with van der Waals surface area (Å²) < 4.78 is 0. The van der Waals surface area contributed by atoms with Gasteiger partial charge in [0.05, 0.1) is 5.92 Å². The van der Waals surface area contributed by atoms with Crippen molar-refractivity contribution in [1.29, 1.82) is 0 Å². The number of carboxylic acids is 1. The van der Waals surface area contributed by atoms with Crippen molar-refractivity contribution in [2.24, 2.45) is 5.92 Å². The van der Waals surface area contributed by atoms with E-state index >= 15 is 0 Å². The molecule has 0 radical (unpaired) electrons. The van der Waals surface area contributed by atoms with Gasteiger partial charge >= 0.3 is 5.97 Å². The number of aliphatic carboxylic acids is 1. The molecule has 0 aromatic heterocycles. The fourth-order valence-electron chi connectivity index (χ4n) is 3.65. The number of hydrogen-bond acceptors (Lipinski definition) is 2. The van der Waals surface area contributed by atoms with Crippen LogP contribution in [0.5, 0.6) is 0 Å². The van der Waals surface area contributed by atoms with Gasteiger partial charge in [-0.1, -0.05) is 31.2 Å². The number of carboxylic acid groups (broad SMARTS) is 1. The Morgan fingerprint density at radius 2 is 2.00 bits per heavy atom. The molecule has 1 fully saturated rings. The van der Waals surface area contributed by atoms with E-state index in [1.54, 1.807) is 4.90 Å². The van der Waals surface area contributed by atoms with Gasteiger partial charge in [0.25, 0.3) is 0 Å². The first-order chi connectivity index (χ1) is 10.1. The number of fused-ring (bicyclic) bond motifs is 1. The molecular formula is C17H21NO3. The third-order valence-corrected chi connectivity index (χ3v) is 4.86. The van der Waals surface area contributed by atoms with E-state index in [1.165, 1.54) is 5.56 Å². The smallest absolute Gasteiger partial charge is 0.326 e. The van der Waals surface area contributed by atoms with Crippen molar-refractivity contribution in [1.82, 2.24) is 4.90 Å². The number of amides is 1. The van der Waals surface area contributed by atoms with Crippen molar-refractivity contribution >= 4 is 11.9 Å². The molecule has 3 atom stereocenters. The monoisotopic (exact) mass is 287 g/mol. The van der Waals surface area contributed by atoms with Crippen LogP contribution < -0.4 is 0 Å².